The Kier molecular flexibility index (Phi) is 3.77. The molecule has 1 aliphatic carbocycles. The van der Waals surface area contributed by atoms with Crippen molar-refractivity contribution in [3.05, 3.63) is 42.0 Å². The van der Waals surface area contributed by atoms with Gasteiger partial charge in [-0.3, -0.25) is 4.90 Å². The van der Waals surface area contributed by atoms with E-state index in [1.807, 2.05) is 18.2 Å². The monoisotopic (exact) mass is 296 g/mol. The van der Waals surface area contributed by atoms with Gasteiger partial charge in [0.05, 0.1) is 0 Å². The number of nitrogens with one attached hydrogen (secondary N) is 1. The van der Waals surface area contributed by atoms with Gasteiger partial charge in [0.15, 0.2) is 0 Å². The molecular formula is C19H24N2O. The summed E-state index contributed by atoms with van der Waals surface area (Å²) in [6.07, 6.45) is 4.03. The highest BCUT2D eigenvalue weighted by Gasteiger charge is 2.31. The number of rotatable bonds is 4. The average Bonchev–Trinajstić information content (AvgIpc) is 3.39. The second-order valence-electron chi connectivity index (χ2n) is 6.70. The first-order chi connectivity index (χ1) is 10.8. The summed E-state index contributed by atoms with van der Waals surface area (Å²) in [6.45, 7) is 4.40. The van der Waals surface area contributed by atoms with E-state index in [2.05, 4.69) is 28.4 Å². The molecule has 2 aromatic carbocycles. The highest BCUT2D eigenvalue weighted by molar-refractivity contribution is 5.91. The second-order valence-corrected chi connectivity index (χ2v) is 6.70. The van der Waals surface area contributed by atoms with E-state index in [4.69, 9.17) is 0 Å². The van der Waals surface area contributed by atoms with E-state index in [0.717, 1.165) is 37.5 Å². The maximum Gasteiger partial charge on any atom is 0.123 e. The Morgan fingerprint density at radius 3 is 2.50 bits per heavy atom. The zero-order valence-electron chi connectivity index (χ0n) is 13.0. The summed E-state index contributed by atoms with van der Waals surface area (Å²) in [7, 11) is 0. The van der Waals surface area contributed by atoms with Crippen LogP contribution in [0.15, 0.2) is 36.4 Å². The Labute approximate surface area is 131 Å². The molecule has 0 unspecified atom stereocenters. The zero-order valence-corrected chi connectivity index (χ0v) is 13.0. The minimum Gasteiger partial charge on any atom is -0.507 e. The molecule has 2 aromatic rings. The van der Waals surface area contributed by atoms with E-state index in [0.29, 0.717) is 11.8 Å². The van der Waals surface area contributed by atoms with Gasteiger partial charge in [0.25, 0.3) is 0 Å². The summed E-state index contributed by atoms with van der Waals surface area (Å²) in [5.74, 6) is 1.29. The smallest absolute Gasteiger partial charge is 0.123 e. The van der Waals surface area contributed by atoms with Crippen molar-refractivity contribution in [1.29, 1.82) is 0 Å². The molecule has 1 aliphatic heterocycles. The predicted molar refractivity (Wildman–Crippen MR) is 90.1 cm³/mol. The van der Waals surface area contributed by atoms with Crippen molar-refractivity contribution in [3.63, 3.8) is 0 Å². The normalized spacial score (nSPS) is 21.1. The molecule has 0 bridgehead atoms. The highest BCUT2D eigenvalue weighted by atomic mass is 16.3. The Balaban J connectivity index is 1.76. The molecule has 3 heteroatoms. The maximum absolute atomic E-state index is 10.2. The van der Waals surface area contributed by atoms with E-state index in [1.54, 1.807) is 0 Å². The summed E-state index contributed by atoms with van der Waals surface area (Å²) >= 11 is 0. The number of phenolic OH excluding ortho intramolecular Hbond substituents is 1. The summed E-state index contributed by atoms with van der Waals surface area (Å²) in [5, 5.41) is 15.8. The first-order valence-corrected chi connectivity index (χ1v) is 8.48. The molecule has 116 valence electrons. The lowest BCUT2D eigenvalue weighted by atomic mass is 9.93. The fourth-order valence-electron chi connectivity index (χ4n) is 3.73. The zero-order chi connectivity index (χ0) is 14.9. The molecule has 1 saturated heterocycles. The molecule has 4 rings (SSSR count). The number of fused-ring (bicyclic) bond motifs is 1. The van der Waals surface area contributed by atoms with Gasteiger partial charge < -0.3 is 10.4 Å². The predicted octanol–water partition coefficient (Wildman–Crippen LogP) is 3.29. The van der Waals surface area contributed by atoms with Crippen LogP contribution in [0.2, 0.25) is 0 Å². The van der Waals surface area contributed by atoms with E-state index in [1.165, 1.54) is 30.2 Å². The number of hydrogen-bond acceptors (Lipinski definition) is 3. The number of nitrogens with zero attached hydrogens (tertiary/aromatic N) is 1. The molecule has 3 nitrogen and oxygen atoms in total. The third-order valence-electron chi connectivity index (χ3n) is 5.14. The van der Waals surface area contributed by atoms with Crippen LogP contribution >= 0.6 is 0 Å². The van der Waals surface area contributed by atoms with Gasteiger partial charge in [-0.15, -0.1) is 0 Å². The average molecular weight is 296 g/mol. The largest absolute Gasteiger partial charge is 0.507 e. The lowest BCUT2D eigenvalue weighted by molar-refractivity contribution is 0.161. The van der Waals surface area contributed by atoms with Crippen molar-refractivity contribution in [3.8, 4) is 5.75 Å². The highest BCUT2D eigenvalue weighted by Crippen LogP contribution is 2.42. The van der Waals surface area contributed by atoms with E-state index in [9.17, 15) is 5.11 Å². The minimum atomic E-state index is 0.393. The van der Waals surface area contributed by atoms with E-state index >= 15 is 0 Å². The Morgan fingerprint density at radius 1 is 1.05 bits per heavy atom. The number of benzene rings is 2. The summed E-state index contributed by atoms with van der Waals surface area (Å²) in [4.78, 5) is 2.63. The molecule has 0 aromatic heterocycles. The van der Waals surface area contributed by atoms with Crippen molar-refractivity contribution in [2.45, 2.75) is 25.3 Å². The van der Waals surface area contributed by atoms with Crippen molar-refractivity contribution in [2.24, 2.45) is 5.92 Å². The van der Waals surface area contributed by atoms with Crippen molar-refractivity contribution in [1.82, 2.24) is 10.2 Å². The fraction of sp³-hybridized carbons (Fsp3) is 0.474. The van der Waals surface area contributed by atoms with Crippen LogP contribution in [-0.4, -0.2) is 36.2 Å². The van der Waals surface area contributed by atoms with Crippen molar-refractivity contribution >= 4 is 10.8 Å². The summed E-state index contributed by atoms with van der Waals surface area (Å²) in [5.41, 5.74) is 1.39. The topological polar surface area (TPSA) is 35.5 Å². The van der Waals surface area contributed by atoms with Gasteiger partial charge in [0.1, 0.15) is 5.75 Å². The van der Waals surface area contributed by atoms with Gasteiger partial charge in [0, 0.05) is 37.6 Å². The van der Waals surface area contributed by atoms with Gasteiger partial charge in [-0.2, -0.15) is 0 Å². The van der Waals surface area contributed by atoms with E-state index in [-0.39, 0.29) is 0 Å². The van der Waals surface area contributed by atoms with Crippen LogP contribution in [0.3, 0.4) is 0 Å². The van der Waals surface area contributed by atoms with Crippen LogP contribution in [0, 0.1) is 5.92 Å². The summed E-state index contributed by atoms with van der Waals surface area (Å²) < 4.78 is 0. The quantitative estimate of drug-likeness (QED) is 0.909. The molecule has 1 saturated carbocycles. The van der Waals surface area contributed by atoms with Crippen molar-refractivity contribution < 1.29 is 5.11 Å². The van der Waals surface area contributed by atoms with Gasteiger partial charge >= 0.3 is 0 Å². The van der Waals surface area contributed by atoms with Crippen LogP contribution in [0.1, 0.15) is 30.9 Å². The molecule has 2 aliphatic rings. The molecule has 2 N–H and O–H groups in total. The number of aromatic hydroxyl groups is 1. The number of phenols is 1. The van der Waals surface area contributed by atoms with Crippen LogP contribution in [0.4, 0.5) is 0 Å². The lowest BCUT2D eigenvalue weighted by Gasteiger charge is -2.36. The van der Waals surface area contributed by atoms with Gasteiger partial charge in [0.2, 0.25) is 0 Å². The third kappa shape index (κ3) is 2.71. The first kappa shape index (κ1) is 14.0. The SMILES string of the molecule is Oc1ccc([C@H](CC2CC2)N2CCNCC2)c2ccccc12. The van der Waals surface area contributed by atoms with Crippen LogP contribution in [-0.2, 0) is 0 Å². The Morgan fingerprint density at radius 2 is 1.77 bits per heavy atom. The third-order valence-corrected chi connectivity index (χ3v) is 5.14. The maximum atomic E-state index is 10.2. The molecule has 0 amide bonds. The standard InChI is InChI=1S/C19H24N2O/c22-19-8-7-16(15-3-1-2-4-17(15)19)18(13-14-5-6-14)21-11-9-20-10-12-21/h1-4,7-8,14,18,20,22H,5-6,9-13H2/t18-/m0/s1. The molecule has 2 fully saturated rings. The molecule has 1 atom stereocenters. The molecule has 1 heterocycles. The van der Waals surface area contributed by atoms with Gasteiger partial charge in [-0.05, 0) is 29.4 Å². The minimum absolute atomic E-state index is 0.393. The van der Waals surface area contributed by atoms with E-state index < -0.39 is 0 Å². The molecule has 0 radical (unpaired) electrons. The first-order valence-electron chi connectivity index (χ1n) is 8.48. The van der Waals surface area contributed by atoms with Gasteiger partial charge in [-0.1, -0.05) is 43.2 Å². The summed E-state index contributed by atoms with van der Waals surface area (Å²) in [6, 6.07) is 12.8. The molecule has 22 heavy (non-hydrogen) atoms. The number of piperazine rings is 1. The molecule has 0 spiro atoms. The van der Waals surface area contributed by atoms with Crippen LogP contribution in [0.25, 0.3) is 10.8 Å². The number of hydrogen-bond donors (Lipinski definition) is 2. The fourth-order valence-corrected chi connectivity index (χ4v) is 3.73. The lowest BCUT2D eigenvalue weighted by Crippen LogP contribution is -2.45. The molecular weight excluding hydrogens is 272 g/mol. The Bertz CT molecular complexity index is 660. The van der Waals surface area contributed by atoms with Crippen LogP contribution < -0.4 is 5.32 Å². The van der Waals surface area contributed by atoms with Crippen molar-refractivity contribution in [2.75, 3.05) is 26.2 Å². The van der Waals surface area contributed by atoms with Crippen LogP contribution in [0.5, 0.6) is 5.75 Å². The Hall–Kier alpha value is -1.58. The second kappa shape index (κ2) is 5.90. The van der Waals surface area contributed by atoms with Gasteiger partial charge in [-0.25, -0.2) is 0 Å².